The minimum absolute atomic E-state index is 0.429. The quantitative estimate of drug-likeness (QED) is 0.640. The Balaban J connectivity index is 2.08. The number of hydrogen-bond donors (Lipinski definition) is 0. The molecule has 2 rings (SSSR count). The summed E-state index contributed by atoms with van der Waals surface area (Å²) in [6.07, 6.45) is 5.21. The Hall–Kier alpha value is -0.690. The Morgan fingerprint density at radius 1 is 0.867 bits per heavy atom. The molecule has 1 aliphatic heterocycles. The summed E-state index contributed by atoms with van der Waals surface area (Å²) >= 11 is 0. The molecule has 80 valence electrons. The van der Waals surface area contributed by atoms with Crippen LogP contribution in [0.25, 0.3) is 0 Å². The molecule has 0 bridgehead atoms. The summed E-state index contributed by atoms with van der Waals surface area (Å²) in [4.78, 5) is 5.04. The first-order valence-electron chi connectivity index (χ1n) is 5.89. The molecule has 15 heavy (non-hydrogen) atoms. The molecule has 1 aliphatic rings. The topological polar surface area (TPSA) is 0 Å². The summed E-state index contributed by atoms with van der Waals surface area (Å²) in [6, 6.07) is 11.0. The standard InChI is InChI=1S/C14H19S/c1-3-8-13-14(9-4-2)15(13)12-10-6-5-7-11-12/h5-7,10-11H,3-4,8-9H2,1-2H3/q+1. The molecule has 0 nitrogen and oxygen atoms in total. The molecule has 0 atom stereocenters. The molecule has 0 spiro atoms. The van der Waals surface area contributed by atoms with E-state index in [-0.39, 0.29) is 0 Å². The van der Waals surface area contributed by atoms with Gasteiger partial charge in [0.1, 0.15) is 10.9 Å². The number of rotatable bonds is 5. The van der Waals surface area contributed by atoms with Gasteiger partial charge in [-0.25, -0.2) is 0 Å². The van der Waals surface area contributed by atoms with Crippen molar-refractivity contribution in [3.05, 3.63) is 40.1 Å². The Morgan fingerprint density at radius 3 is 1.87 bits per heavy atom. The second-order valence-electron chi connectivity index (χ2n) is 3.97. The van der Waals surface area contributed by atoms with Crippen LogP contribution < -0.4 is 0 Å². The summed E-state index contributed by atoms with van der Waals surface area (Å²) < 4.78 is 0. The third-order valence-electron chi connectivity index (χ3n) is 2.70. The Kier molecular flexibility index (Phi) is 3.53. The molecule has 0 amide bonds. The van der Waals surface area contributed by atoms with Gasteiger partial charge in [0, 0.05) is 12.8 Å². The first kappa shape index (κ1) is 10.8. The van der Waals surface area contributed by atoms with Crippen LogP contribution >= 0.6 is 0 Å². The molecule has 1 aromatic carbocycles. The van der Waals surface area contributed by atoms with Gasteiger partial charge in [0.05, 0.1) is 0 Å². The summed E-state index contributed by atoms with van der Waals surface area (Å²) in [6.45, 7) is 4.56. The van der Waals surface area contributed by atoms with E-state index >= 15 is 0 Å². The molecule has 0 aromatic heterocycles. The number of hydrogen-bond acceptors (Lipinski definition) is 0. The van der Waals surface area contributed by atoms with Crippen LogP contribution in [0.3, 0.4) is 0 Å². The Labute approximate surface area is 95.7 Å². The molecule has 0 aliphatic carbocycles. The van der Waals surface area contributed by atoms with Crippen molar-refractivity contribution >= 4 is 10.9 Å². The van der Waals surface area contributed by atoms with Gasteiger partial charge in [-0.15, -0.1) is 0 Å². The number of allylic oxidation sites excluding steroid dienone is 2. The van der Waals surface area contributed by atoms with Crippen LogP contribution in [0.2, 0.25) is 0 Å². The van der Waals surface area contributed by atoms with E-state index in [1.165, 1.54) is 30.6 Å². The van der Waals surface area contributed by atoms with Crippen molar-refractivity contribution in [2.24, 2.45) is 0 Å². The van der Waals surface area contributed by atoms with Crippen LogP contribution in [0, 0.1) is 0 Å². The van der Waals surface area contributed by atoms with Crippen LogP contribution in [0.1, 0.15) is 39.5 Å². The highest BCUT2D eigenvalue weighted by molar-refractivity contribution is 8.10. The van der Waals surface area contributed by atoms with Crippen molar-refractivity contribution in [3.63, 3.8) is 0 Å². The lowest BCUT2D eigenvalue weighted by molar-refractivity contribution is 0.921. The van der Waals surface area contributed by atoms with Gasteiger partial charge in [-0.3, -0.25) is 0 Å². The lowest BCUT2D eigenvalue weighted by Gasteiger charge is -1.90. The zero-order valence-corrected chi connectivity index (χ0v) is 10.4. The smallest absolute Gasteiger partial charge is 0.0649 e. The fraction of sp³-hybridized carbons (Fsp3) is 0.429. The van der Waals surface area contributed by atoms with E-state index in [1.54, 1.807) is 9.81 Å². The Morgan fingerprint density at radius 2 is 1.40 bits per heavy atom. The second-order valence-corrected chi connectivity index (χ2v) is 6.03. The molecule has 0 fully saturated rings. The first-order valence-corrected chi connectivity index (χ1v) is 7.12. The van der Waals surface area contributed by atoms with Crippen molar-refractivity contribution in [2.45, 2.75) is 44.4 Å². The normalized spacial score (nSPS) is 15.9. The zero-order chi connectivity index (χ0) is 10.7. The van der Waals surface area contributed by atoms with Crippen LogP contribution in [0.4, 0.5) is 0 Å². The molecule has 1 aromatic rings. The van der Waals surface area contributed by atoms with Crippen LogP contribution in [0.15, 0.2) is 45.0 Å². The fourth-order valence-electron chi connectivity index (χ4n) is 1.99. The summed E-state index contributed by atoms with van der Waals surface area (Å²) in [5.74, 6) is 0. The Bertz CT molecular complexity index is 335. The van der Waals surface area contributed by atoms with Gasteiger partial charge in [0.25, 0.3) is 0 Å². The van der Waals surface area contributed by atoms with Gasteiger partial charge in [-0.2, -0.15) is 0 Å². The average Bonchev–Trinajstić information content (AvgIpc) is 2.94. The van der Waals surface area contributed by atoms with Gasteiger partial charge in [-0.1, -0.05) is 32.0 Å². The lowest BCUT2D eigenvalue weighted by atomic mass is 10.2. The van der Waals surface area contributed by atoms with E-state index in [2.05, 4.69) is 44.2 Å². The second kappa shape index (κ2) is 4.89. The van der Waals surface area contributed by atoms with Gasteiger partial charge < -0.3 is 0 Å². The summed E-state index contributed by atoms with van der Waals surface area (Å²) in [7, 11) is 0.429. The molecule has 0 saturated heterocycles. The molecular weight excluding hydrogens is 200 g/mol. The molecule has 0 radical (unpaired) electrons. The van der Waals surface area contributed by atoms with E-state index in [1.807, 2.05) is 0 Å². The minimum Gasteiger partial charge on any atom is -0.0649 e. The summed E-state index contributed by atoms with van der Waals surface area (Å²) in [5.41, 5.74) is 0. The molecule has 0 unspecified atom stereocenters. The zero-order valence-electron chi connectivity index (χ0n) is 9.62. The molecule has 1 heterocycles. The van der Waals surface area contributed by atoms with Crippen molar-refractivity contribution in [1.82, 2.24) is 0 Å². The minimum atomic E-state index is 0.429. The lowest BCUT2D eigenvalue weighted by Crippen LogP contribution is -1.86. The predicted octanol–water partition coefficient (Wildman–Crippen LogP) is 4.49. The highest BCUT2D eigenvalue weighted by atomic mass is 32.2. The first-order chi connectivity index (χ1) is 7.38. The maximum absolute atomic E-state index is 2.28. The van der Waals surface area contributed by atoms with Crippen LogP contribution in [0.5, 0.6) is 0 Å². The van der Waals surface area contributed by atoms with Crippen LogP contribution in [-0.2, 0) is 10.9 Å². The van der Waals surface area contributed by atoms with Crippen molar-refractivity contribution in [1.29, 1.82) is 0 Å². The molecule has 0 saturated carbocycles. The van der Waals surface area contributed by atoms with Crippen molar-refractivity contribution < 1.29 is 0 Å². The van der Waals surface area contributed by atoms with Gasteiger partial charge in [0.15, 0.2) is 14.7 Å². The monoisotopic (exact) mass is 219 g/mol. The third-order valence-corrected chi connectivity index (χ3v) is 5.12. The van der Waals surface area contributed by atoms with Gasteiger partial charge >= 0.3 is 0 Å². The van der Waals surface area contributed by atoms with Gasteiger partial charge in [0.2, 0.25) is 0 Å². The average molecular weight is 219 g/mol. The van der Waals surface area contributed by atoms with Crippen molar-refractivity contribution in [3.8, 4) is 0 Å². The van der Waals surface area contributed by atoms with E-state index in [4.69, 9.17) is 0 Å². The maximum atomic E-state index is 2.28. The fourth-order valence-corrected chi connectivity index (χ4v) is 4.57. The molecular formula is C14H19S+. The SMILES string of the molecule is CCCC1=C(CCC)[S+]1c1ccccc1. The molecule has 0 N–H and O–H groups in total. The number of benzene rings is 1. The highest BCUT2D eigenvalue weighted by Gasteiger charge is 2.50. The predicted molar refractivity (Wildman–Crippen MR) is 68.9 cm³/mol. The van der Waals surface area contributed by atoms with Crippen molar-refractivity contribution in [2.75, 3.05) is 0 Å². The van der Waals surface area contributed by atoms with E-state index in [0.717, 1.165) is 0 Å². The van der Waals surface area contributed by atoms with E-state index in [9.17, 15) is 0 Å². The summed E-state index contributed by atoms with van der Waals surface area (Å²) in [5, 5.41) is 0. The highest BCUT2D eigenvalue weighted by Crippen LogP contribution is 2.49. The van der Waals surface area contributed by atoms with Gasteiger partial charge in [-0.05, 0) is 25.0 Å². The third kappa shape index (κ3) is 2.28. The van der Waals surface area contributed by atoms with E-state index in [0.29, 0.717) is 10.9 Å². The van der Waals surface area contributed by atoms with Crippen LogP contribution in [-0.4, -0.2) is 0 Å². The maximum Gasteiger partial charge on any atom is 0.194 e. The molecule has 1 heteroatoms. The van der Waals surface area contributed by atoms with E-state index < -0.39 is 0 Å². The largest absolute Gasteiger partial charge is 0.194 e.